The predicted octanol–water partition coefficient (Wildman–Crippen LogP) is 2.56. The van der Waals surface area contributed by atoms with Crippen LogP contribution in [-0.4, -0.2) is 23.8 Å². The minimum atomic E-state index is 0.324. The fourth-order valence-electron chi connectivity index (χ4n) is 2.58. The van der Waals surface area contributed by atoms with Crippen LogP contribution in [0.4, 0.5) is 0 Å². The minimum Gasteiger partial charge on any atom is -0.396 e. The van der Waals surface area contributed by atoms with Crippen molar-refractivity contribution in [3.8, 4) is 0 Å². The molecule has 1 aliphatic carbocycles. The Morgan fingerprint density at radius 1 is 1.27 bits per heavy atom. The molecule has 0 spiro atoms. The highest BCUT2D eigenvalue weighted by molar-refractivity contribution is 4.81. The summed E-state index contributed by atoms with van der Waals surface area (Å²) >= 11 is 0. The molecule has 0 aliphatic heterocycles. The van der Waals surface area contributed by atoms with Gasteiger partial charge >= 0.3 is 0 Å². The SMILES string of the molecule is C[C@@H](CCCO)N[C@@H]1CC[C@H](C)[C@@H](C)C1. The van der Waals surface area contributed by atoms with Gasteiger partial charge < -0.3 is 10.4 Å². The summed E-state index contributed by atoms with van der Waals surface area (Å²) in [6, 6.07) is 1.27. The zero-order chi connectivity index (χ0) is 11.3. The van der Waals surface area contributed by atoms with E-state index in [1.54, 1.807) is 0 Å². The van der Waals surface area contributed by atoms with Gasteiger partial charge in [0.2, 0.25) is 0 Å². The first-order valence-electron chi connectivity index (χ1n) is 6.50. The molecular weight excluding hydrogens is 186 g/mol. The lowest BCUT2D eigenvalue weighted by Crippen LogP contribution is -2.41. The molecule has 0 heterocycles. The van der Waals surface area contributed by atoms with Crippen LogP contribution in [0.2, 0.25) is 0 Å². The van der Waals surface area contributed by atoms with Gasteiger partial charge in [-0.05, 0) is 50.9 Å². The summed E-state index contributed by atoms with van der Waals surface area (Å²) in [4.78, 5) is 0. The van der Waals surface area contributed by atoms with Crippen LogP contribution in [0.3, 0.4) is 0 Å². The third-order valence-electron chi connectivity index (χ3n) is 3.91. The second-order valence-corrected chi connectivity index (χ2v) is 5.40. The van der Waals surface area contributed by atoms with Gasteiger partial charge in [-0.25, -0.2) is 0 Å². The molecule has 0 aromatic heterocycles. The maximum atomic E-state index is 8.77. The van der Waals surface area contributed by atoms with Gasteiger partial charge in [0.05, 0.1) is 0 Å². The Bertz CT molecular complexity index is 172. The average Bonchev–Trinajstić information content (AvgIpc) is 2.20. The van der Waals surface area contributed by atoms with Crippen molar-refractivity contribution in [2.45, 2.75) is 65.0 Å². The number of hydrogen-bond donors (Lipinski definition) is 2. The van der Waals surface area contributed by atoms with Crippen LogP contribution in [0, 0.1) is 11.8 Å². The lowest BCUT2D eigenvalue weighted by Gasteiger charge is -2.34. The van der Waals surface area contributed by atoms with Gasteiger partial charge in [-0.15, -0.1) is 0 Å². The van der Waals surface area contributed by atoms with E-state index in [9.17, 15) is 0 Å². The molecule has 0 saturated heterocycles. The summed E-state index contributed by atoms with van der Waals surface area (Å²) in [5, 5.41) is 12.5. The highest BCUT2D eigenvalue weighted by atomic mass is 16.2. The van der Waals surface area contributed by atoms with Crippen molar-refractivity contribution >= 4 is 0 Å². The molecule has 1 aliphatic rings. The molecule has 2 heteroatoms. The minimum absolute atomic E-state index is 0.324. The van der Waals surface area contributed by atoms with E-state index < -0.39 is 0 Å². The molecule has 4 atom stereocenters. The van der Waals surface area contributed by atoms with Crippen LogP contribution in [0.1, 0.15) is 52.9 Å². The molecule has 15 heavy (non-hydrogen) atoms. The summed E-state index contributed by atoms with van der Waals surface area (Å²) in [5.41, 5.74) is 0. The summed E-state index contributed by atoms with van der Waals surface area (Å²) in [7, 11) is 0. The molecule has 2 nitrogen and oxygen atoms in total. The molecule has 1 saturated carbocycles. The fraction of sp³-hybridized carbons (Fsp3) is 1.00. The molecular formula is C13H27NO. The van der Waals surface area contributed by atoms with Crippen molar-refractivity contribution in [3.63, 3.8) is 0 Å². The first-order valence-corrected chi connectivity index (χ1v) is 6.50. The Labute approximate surface area is 94.5 Å². The first-order chi connectivity index (χ1) is 7.13. The fourth-order valence-corrected chi connectivity index (χ4v) is 2.58. The van der Waals surface area contributed by atoms with Crippen LogP contribution in [-0.2, 0) is 0 Å². The Hall–Kier alpha value is -0.0800. The van der Waals surface area contributed by atoms with E-state index in [1.165, 1.54) is 19.3 Å². The third-order valence-corrected chi connectivity index (χ3v) is 3.91. The average molecular weight is 213 g/mol. The van der Waals surface area contributed by atoms with Crippen molar-refractivity contribution < 1.29 is 5.11 Å². The Kier molecular flexibility index (Phi) is 5.62. The van der Waals surface area contributed by atoms with Crippen LogP contribution in [0.5, 0.6) is 0 Å². The maximum absolute atomic E-state index is 8.77. The summed E-state index contributed by atoms with van der Waals surface area (Å²) in [6.07, 6.45) is 6.04. The largest absolute Gasteiger partial charge is 0.396 e. The topological polar surface area (TPSA) is 32.3 Å². The number of hydrogen-bond acceptors (Lipinski definition) is 2. The lowest BCUT2D eigenvalue weighted by molar-refractivity contribution is 0.210. The van der Waals surface area contributed by atoms with Gasteiger partial charge in [0, 0.05) is 18.7 Å². The molecule has 0 bridgehead atoms. The van der Waals surface area contributed by atoms with E-state index in [-0.39, 0.29) is 0 Å². The molecule has 1 rings (SSSR count). The van der Waals surface area contributed by atoms with E-state index in [0.29, 0.717) is 18.7 Å². The molecule has 90 valence electrons. The van der Waals surface area contributed by atoms with Gasteiger partial charge in [0.25, 0.3) is 0 Å². The number of aliphatic hydroxyl groups is 1. The second kappa shape index (κ2) is 6.49. The maximum Gasteiger partial charge on any atom is 0.0431 e. The van der Waals surface area contributed by atoms with Crippen LogP contribution < -0.4 is 5.32 Å². The van der Waals surface area contributed by atoms with E-state index in [0.717, 1.165) is 24.7 Å². The molecule has 2 N–H and O–H groups in total. The molecule has 0 amide bonds. The van der Waals surface area contributed by atoms with Crippen molar-refractivity contribution in [3.05, 3.63) is 0 Å². The van der Waals surface area contributed by atoms with Crippen LogP contribution in [0.15, 0.2) is 0 Å². The van der Waals surface area contributed by atoms with E-state index in [1.807, 2.05) is 0 Å². The van der Waals surface area contributed by atoms with Crippen LogP contribution in [0.25, 0.3) is 0 Å². The van der Waals surface area contributed by atoms with Crippen LogP contribution >= 0.6 is 0 Å². The van der Waals surface area contributed by atoms with E-state index in [4.69, 9.17) is 5.11 Å². The van der Waals surface area contributed by atoms with Gasteiger partial charge in [0.15, 0.2) is 0 Å². The molecule has 0 aromatic carbocycles. The smallest absolute Gasteiger partial charge is 0.0431 e. The number of nitrogens with one attached hydrogen (secondary N) is 1. The van der Waals surface area contributed by atoms with Crippen molar-refractivity contribution in [2.24, 2.45) is 11.8 Å². The third kappa shape index (κ3) is 4.52. The number of aliphatic hydroxyl groups excluding tert-OH is 1. The van der Waals surface area contributed by atoms with Gasteiger partial charge in [-0.3, -0.25) is 0 Å². The number of rotatable bonds is 5. The zero-order valence-corrected chi connectivity index (χ0v) is 10.5. The van der Waals surface area contributed by atoms with Crippen molar-refractivity contribution in [1.29, 1.82) is 0 Å². The second-order valence-electron chi connectivity index (χ2n) is 5.40. The summed E-state index contributed by atoms with van der Waals surface area (Å²) < 4.78 is 0. The Morgan fingerprint density at radius 2 is 2.00 bits per heavy atom. The van der Waals surface area contributed by atoms with Crippen molar-refractivity contribution in [1.82, 2.24) is 5.32 Å². The highest BCUT2D eigenvalue weighted by Crippen LogP contribution is 2.29. The van der Waals surface area contributed by atoms with E-state index >= 15 is 0 Å². The predicted molar refractivity (Wildman–Crippen MR) is 64.9 cm³/mol. The summed E-state index contributed by atoms with van der Waals surface area (Å²) in [5.74, 6) is 1.76. The Morgan fingerprint density at radius 3 is 2.60 bits per heavy atom. The molecule has 0 radical (unpaired) electrons. The highest BCUT2D eigenvalue weighted by Gasteiger charge is 2.24. The Balaban J connectivity index is 2.21. The lowest BCUT2D eigenvalue weighted by atomic mass is 9.79. The van der Waals surface area contributed by atoms with Gasteiger partial charge in [-0.1, -0.05) is 13.8 Å². The quantitative estimate of drug-likeness (QED) is 0.735. The molecule has 0 unspecified atom stereocenters. The molecule has 0 aromatic rings. The standard InChI is InChI=1S/C13H27NO/c1-10-6-7-13(9-11(10)2)14-12(3)5-4-8-15/h10-15H,4-9H2,1-3H3/t10-,11-,12-,13+/m0/s1. The summed E-state index contributed by atoms with van der Waals surface area (Å²) in [6.45, 7) is 7.30. The van der Waals surface area contributed by atoms with Crippen molar-refractivity contribution in [2.75, 3.05) is 6.61 Å². The zero-order valence-electron chi connectivity index (χ0n) is 10.5. The van der Waals surface area contributed by atoms with Gasteiger partial charge in [0.1, 0.15) is 0 Å². The van der Waals surface area contributed by atoms with E-state index in [2.05, 4.69) is 26.1 Å². The molecule has 1 fully saturated rings. The monoisotopic (exact) mass is 213 g/mol. The van der Waals surface area contributed by atoms with Gasteiger partial charge in [-0.2, -0.15) is 0 Å². The first kappa shape index (κ1) is 13.0. The normalized spacial score (nSPS) is 34.0.